The first-order valence-corrected chi connectivity index (χ1v) is 7.01. The molecule has 0 spiro atoms. The molecule has 1 aromatic carbocycles. The molecular formula is C11H18N4O5S. The van der Waals surface area contributed by atoms with Crippen molar-refractivity contribution in [1.82, 2.24) is 5.43 Å². The first-order valence-electron chi connectivity index (χ1n) is 5.61. The molecule has 0 heterocycles. The van der Waals surface area contributed by atoms with Crippen molar-refractivity contribution >= 4 is 22.6 Å². The van der Waals surface area contributed by atoms with E-state index >= 15 is 0 Å². The van der Waals surface area contributed by atoms with Crippen molar-refractivity contribution < 1.29 is 22.3 Å². The first-order chi connectivity index (χ1) is 9.72. The van der Waals surface area contributed by atoms with Crippen molar-refractivity contribution in [2.45, 2.75) is 6.92 Å². The van der Waals surface area contributed by atoms with E-state index < -0.39 is 10.4 Å². The molecule has 0 aliphatic carbocycles. The van der Waals surface area contributed by atoms with Crippen LogP contribution in [0.25, 0.3) is 0 Å². The van der Waals surface area contributed by atoms with Crippen LogP contribution in [0.3, 0.4) is 0 Å². The zero-order valence-corrected chi connectivity index (χ0v) is 12.4. The minimum atomic E-state index is -4.67. The van der Waals surface area contributed by atoms with Gasteiger partial charge >= 0.3 is 10.4 Å². The monoisotopic (exact) mass is 318 g/mol. The highest BCUT2D eigenvalue weighted by atomic mass is 32.3. The molecule has 0 bridgehead atoms. The van der Waals surface area contributed by atoms with E-state index in [9.17, 15) is 0 Å². The minimum Gasteiger partial charge on any atom is -0.488 e. The van der Waals surface area contributed by atoms with E-state index in [1.54, 1.807) is 13.3 Å². The summed E-state index contributed by atoms with van der Waals surface area (Å²) in [4.78, 5) is 3.68. The molecule has 0 amide bonds. The fourth-order valence-electron chi connectivity index (χ4n) is 0.967. The average Bonchev–Trinajstić information content (AvgIpc) is 2.38. The SMILES string of the molecule is CN=C(N)N/N=C/COc1ccc(C)cc1.O=S(=O)(O)O. The van der Waals surface area contributed by atoms with Gasteiger partial charge in [0.15, 0.2) is 0 Å². The summed E-state index contributed by atoms with van der Waals surface area (Å²) in [7, 11) is -3.08. The van der Waals surface area contributed by atoms with Crippen LogP contribution >= 0.6 is 0 Å². The van der Waals surface area contributed by atoms with Gasteiger partial charge in [-0.2, -0.15) is 13.5 Å². The van der Waals surface area contributed by atoms with Gasteiger partial charge in [-0.3, -0.25) is 14.1 Å². The second-order valence-corrected chi connectivity index (χ2v) is 4.50. The molecule has 0 aromatic heterocycles. The highest BCUT2D eigenvalue weighted by Gasteiger charge is 1.90. The predicted octanol–water partition coefficient (Wildman–Crippen LogP) is 0.241. The molecule has 0 atom stereocenters. The number of rotatable bonds is 4. The Labute approximate surface area is 123 Å². The number of nitrogens with zero attached hydrogens (tertiary/aromatic N) is 2. The fraction of sp³-hybridized carbons (Fsp3) is 0.273. The molecule has 21 heavy (non-hydrogen) atoms. The van der Waals surface area contributed by atoms with E-state index in [1.165, 1.54) is 5.56 Å². The van der Waals surface area contributed by atoms with E-state index in [0.717, 1.165) is 5.75 Å². The summed E-state index contributed by atoms with van der Waals surface area (Å²) in [5.41, 5.74) is 9.12. The maximum atomic E-state index is 8.74. The van der Waals surface area contributed by atoms with Gasteiger partial charge in [0.05, 0.1) is 6.21 Å². The highest BCUT2D eigenvalue weighted by Crippen LogP contribution is 2.10. The van der Waals surface area contributed by atoms with Crippen LogP contribution in [0.5, 0.6) is 5.75 Å². The van der Waals surface area contributed by atoms with Crippen LogP contribution < -0.4 is 15.9 Å². The largest absolute Gasteiger partial charge is 0.488 e. The maximum Gasteiger partial charge on any atom is 0.394 e. The lowest BCUT2D eigenvalue weighted by molar-refractivity contribution is 0.379. The van der Waals surface area contributed by atoms with Crippen LogP contribution in [0, 0.1) is 6.92 Å². The van der Waals surface area contributed by atoms with Gasteiger partial charge < -0.3 is 10.5 Å². The van der Waals surface area contributed by atoms with Gasteiger partial charge in [-0.1, -0.05) is 17.7 Å². The van der Waals surface area contributed by atoms with E-state index in [-0.39, 0.29) is 5.96 Å². The third-order valence-corrected chi connectivity index (χ3v) is 1.86. The predicted molar refractivity (Wildman–Crippen MR) is 80.0 cm³/mol. The molecule has 0 fully saturated rings. The Morgan fingerprint density at radius 1 is 1.38 bits per heavy atom. The molecule has 5 N–H and O–H groups in total. The Morgan fingerprint density at radius 2 is 1.90 bits per heavy atom. The Morgan fingerprint density at radius 3 is 2.38 bits per heavy atom. The van der Waals surface area contributed by atoms with Gasteiger partial charge in [0.1, 0.15) is 12.4 Å². The van der Waals surface area contributed by atoms with Crippen LogP contribution in [0.4, 0.5) is 0 Å². The number of aryl methyl sites for hydroxylation is 1. The third kappa shape index (κ3) is 14.1. The van der Waals surface area contributed by atoms with Gasteiger partial charge in [0, 0.05) is 7.05 Å². The number of guanidine groups is 1. The van der Waals surface area contributed by atoms with Gasteiger partial charge in [0.25, 0.3) is 0 Å². The lowest BCUT2D eigenvalue weighted by atomic mass is 10.2. The Hall–Kier alpha value is -2.17. The van der Waals surface area contributed by atoms with Crippen molar-refractivity contribution in [3.8, 4) is 5.75 Å². The summed E-state index contributed by atoms with van der Waals surface area (Å²) in [6, 6.07) is 7.82. The number of aliphatic imine (C=N–C) groups is 1. The normalized spacial score (nSPS) is 11.7. The Balaban J connectivity index is 0.000000690. The van der Waals surface area contributed by atoms with Crippen LogP contribution in [-0.4, -0.2) is 43.4 Å². The number of hydrogen-bond donors (Lipinski definition) is 4. The molecule has 0 saturated carbocycles. The summed E-state index contributed by atoms with van der Waals surface area (Å²) in [5.74, 6) is 1.08. The fourth-order valence-corrected chi connectivity index (χ4v) is 0.967. The lowest BCUT2D eigenvalue weighted by Gasteiger charge is -2.02. The molecular weight excluding hydrogens is 300 g/mol. The molecule has 1 aromatic rings. The topological polar surface area (TPSA) is 147 Å². The van der Waals surface area contributed by atoms with Gasteiger partial charge in [0.2, 0.25) is 5.96 Å². The van der Waals surface area contributed by atoms with Gasteiger partial charge in [-0.05, 0) is 19.1 Å². The van der Waals surface area contributed by atoms with Gasteiger partial charge in [-0.15, -0.1) is 0 Å². The maximum absolute atomic E-state index is 8.74. The highest BCUT2D eigenvalue weighted by molar-refractivity contribution is 7.79. The van der Waals surface area contributed by atoms with Crippen molar-refractivity contribution in [3.63, 3.8) is 0 Å². The number of hydrazone groups is 1. The molecule has 0 aliphatic rings. The number of hydrogen-bond acceptors (Lipinski definition) is 5. The Bertz CT molecular complexity index is 561. The van der Waals surface area contributed by atoms with Crippen LogP contribution in [0.15, 0.2) is 34.4 Å². The Kier molecular flexibility index (Phi) is 8.69. The van der Waals surface area contributed by atoms with Crippen molar-refractivity contribution in [2.75, 3.05) is 13.7 Å². The number of benzene rings is 1. The van der Waals surface area contributed by atoms with Crippen molar-refractivity contribution in [3.05, 3.63) is 29.8 Å². The summed E-state index contributed by atoms with van der Waals surface area (Å²) in [6.45, 7) is 2.41. The molecule has 10 heteroatoms. The van der Waals surface area contributed by atoms with Crippen LogP contribution in [0.1, 0.15) is 5.56 Å². The molecule has 118 valence electrons. The average molecular weight is 318 g/mol. The van der Waals surface area contributed by atoms with Crippen molar-refractivity contribution in [2.24, 2.45) is 15.8 Å². The van der Waals surface area contributed by atoms with Crippen LogP contribution in [-0.2, 0) is 10.4 Å². The standard InChI is InChI=1S/C11H16N4O.H2O4S/c1-9-3-5-10(6-4-9)16-8-7-14-15-11(12)13-2;1-5(2,3)4/h3-7H,8H2,1-2H3,(H3,12,13,15);(H2,1,2,3,4)/b14-7+;. The molecule has 9 nitrogen and oxygen atoms in total. The minimum absolute atomic E-state index is 0.270. The van der Waals surface area contributed by atoms with Crippen LogP contribution in [0.2, 0.25) is 0 Å². The summed E-state index contributed by atoms with van der Waals surface area (Å²) < 4.78 is 37.0. The summed E-state index contributed by atoms with van der Waals surface area (Å²) >= 11 is 0. The van der Waals surface area contributed by atoms with E-state index in [1.807, 2.05) is 31.2 Å². The number of ether oxygens (including phenoxy) is 1. The third-order valence-electron chi connectivity index (χ3n) is 1.86. The quantitative estimate of drug-likeness (QED) is 0.269. The zero-order chi connectivity index (χ0) is 16.3. The number of nitrogens with two attached hydrogens (primary N) is 1. The number of nitrogens with one attached hydrogen (secondary N) is 1. The van der Waals surface area contributed by atoms with E-state index in [4.69, 9.17) is 28.0 Å². The second kappa shape index (κ2) is 9.69. The van der Waals surface area contributed by atoms with E-state index in [2.05, 4.69) is 15.5 Å². The molecule has 0 aliphatic heterocycles. The smallest absolute Gasteiger partial charge is 0.394 e. The molecule has 0 saturated heterocycles. The molecule has 0 radical (unpaired) electrons. The summed E-state index contributed by atoms with van der Waals surface area (Å²) in [5, 5.41) is 3.82. The van der Waals surface area contributed by atoms with Crippen molar-refractivity contribution in [1.29, 1.82) is 0 Å². The molecule has 0 unspecified atom stereocenters. The lowest BCUT2D eigenvalue weighted by Crippen LogP contribution is -2.27. The summed E-state index contributed by atoms with van der Waals surface area (Å²) in [6.07, 6.45) is 1.58. The first kappa shape index (κ1) is 18.8. The second-order valence-electron chi connectivity index (χ2n) is 3.60. The van der Waals surface area contributed by atoms with E-state index in [0.29, 0.717) is 6.61 Å². The zero-order valence-electron chi connectivity index (χ0n) is 11.6. The molecule has 1 rings (SSSR count). The van der Waals surface area contributed by atoms with Gasteiger partial charge in [-0.25, -0.2) is 5.43 Å².